The first kappa shape index (κ1) is 12.5. The topological polar surface area (TPSA) is 49.8 Å². The van der Waals surface area contributed by atoms with Crippen LogP contribution in [0.3, 0.4) is 0 Å². The molecule has 0 saturated heterocycles. The molecule has 0 radical (unpaired) electrons. The Labute approximate surface area is 109 Å². The van der Waals surface area contributed by atoms with Gasteiger partial charge in [-0.15, -0.1) is 0 Å². The molecule has 0 aliphatic carbocycles. The largest absolute Gasteiger partial charge is 0.398 e. The average molecular weight is 258 g/mol. The summed E-state index contributed by atoms with van der Waals surface area (Å²) in [5.74, 6) is -0.248. The second-order valence-electron chi connectivity index (χ2n) is 3.75. The summed E-state index contributed by atoms with van der Waals surface area (Å²) < 4.78 is 12.8. The molecule has 2 rings (SSSR count). The van der Waals surface area contributed by atoms with Gasteiger partial charge in [0, 0.05) is 15.5 Å². The summed E-state index contributed by atoms with van der Waals surface area (Å²) in [6.07, 6.45) is 0.295. The van der Waals surface area contributed by atoms with E-state index in [2.05, 4.69) is 6.07 Å². The second kappa shape index (κ2) is 5.56. The van der Waals surface area contributed by atoms with Crippen LogP contribution in [0, 0.1) is 17.1 Å². The number of nitriles is 1. The third kappa shape index (κ3) is 3.02. The molecule has 18 heavy (non-hydrogen) atoms. The molecular weight excluding hydrogens is 247 g/mol. The summed E-state index contributed by atoms with van der Waals surface area (Å²) in [5.41, 5.74) is 7.23. The quantitative estimate of drug-likeness (QED) is 0.855. The number of benzene rings is 2. The molecular formula is C14H11FN2S. The molecule has 0 bridgehead atoms. The first-order chi connectivity index (χ1) is 8.69. The Morgan fingerprint density at radius 1 is 1.11 bits per heavy atom. The first-order valence-electron chi connectivity index (χ1n) is 5.38. The summed E-state index contributed by atoms with van der Waals surface area (Å²) in [5, 5.41) is 8.70. The summed E-state index contributed by atoms with van der Waals surface area (Å²) in [7, 11) is 0. The maximum Gasteiger partial charge on any atom is 0.123 e. The van der Waals surface area contributed by atoms with Crippen LogP contribution >= 0.6 is 11.8 Å². The van der Waals surface area contributed by atoms with Gasteiger partial charge in [-0.3, -0.25) is 0 Å². The molecule has 2 nitrogen and oxygen atoms in total. The zero-order valence-electron chi connectivity index (χ0n) is 9.56. The van der Waals surface area contributed by atoms with E-state index < -0.39 is 0 Å². The molecule has 2 aromatic carbocycles. The minimum absolute atomic E-state index is 0.248. The van der Waals surface area contributed by atoms with Crippen molar-refractivity contribution in [1.29, 1.82) is 5.26 Å². The predicted octanol–water partition coefficient (Wildman–Crippen LogP) is 3.63. The molecule has 0 unspecified atom stereocenters. The number of nitrogens with zero attached hydrogens (tertiary/aromatic N) is 1. The highest BCUT2D eigenvalue weighted by Gasteiger charge is 2.03. The third-order valence-corrected chi connectivity index (χ3v) is 3.43. The normalized spacial score (nSPS) is 10.0. The molecule has 2 N–H and O–H groups in total. The molecule has 0 aliphatic heterocycles. The van der Waals surface area contributed by atoms with Gasteiger partial charge in [-0.1, -0.05) is 11.8 Å². The van der Waals surface area contributed by atoms with Crippen molar-refractivity contribution in [3.63, 3.8) is 0 Å². The van der Waals surface area contributed by atoms with E-state index in [9.17, 15) is 4.39 Å². The Bertz CT molecular complexity index is 588. The number of nitrogen functional groups attached to an aromatic ring is 1. The van der Waals surface area contributed by atoms with Crippen molar-refractivity contribution in [1.82, 2.24) is 0 Å². The summed E-state index contributed by atoms with van der Waals surface area (Å²) in [6.45, 7) is 0. The molecule has 0 heterocycles. The SMILES string of the molecule is N#CCc1cc(Sc2ccc(F)cc2)ccc1N. The molecule has 0 aromatic heterocycles. The van der Waals surface area contributed by atoms with Crippen LogP contribution in [0.1, 0.15) is 5.56 Å². The zero-order chi connectivity index (χ0) is 13.0. The number of halogens is 1. The number of hydrogen-bond acceptors (Lipinski definition) is 3. The highest BCUT2D eigenvalue weighted by Crippen LogP contribution is 2.30. The van der Waals surface area contributed by atoms with Crippen LogP contribution in [0.25, 0.3) is 0 Å². The van der Waals surface area contributed by atoms with Crippen molar-refractivity contribution >= 4 is 17.4 Å². The van der Waals surface area contributed by atoms with E-state index in [0.717, 1.165) is 15.4 Å². The van der Waals surface area contributed by atoms with Crippen molar-refractivity contribution < 1.29 is 4.39 Å². The lowest BCUT2D eigenvalue weighted by Crippen LogP contribution is -1.93. The van der Waals surface area contributed by atoms with Crippen molar-refractivity contribution in [2.45, 2.75) is 16.2 Å². The highest BCUT2D eigenvalue weighted by atomic mass is 32.2. The Hall–Kier alpha value is -1.99. The van der Waals surface area contributed by atoms with E-state index in [1.807, 2.05) is 12.1 Å². The minimum atomic E-state index is -0.248. The minimum Gasteiger partial charge on any atom is -0.398 e. The average Bonchev–Trinajstić information content (AvgIpc) is 2.37. The van der Waals surface area contributed by atoms with E-state index in [4.69, 9.17) is 11.0 Å². The molecule has 0 aliphatic rings. The first-order valence-corrected chi connectivity index (χ1v) is 6.19. The summed E-state index contributed by atoms with van der Waals surface area (Å²) >= 11 is 1.51. The molecule has 0 saturated carbocycles. The van der Waals surface area contributed by atoms with Crippen LogP contribution in [0.2, 0.25) is 0 Å². The van der Waals surface area contributed by atoms with E-state index >= 15 is 0 Å². The van der Waals surface area contributed by atoms with Crippen LogP contribution in [-0.4, -0.2) is 0 Å². The van der Waals surface area contributed by atoms with Gasteiger partial charge in [0.25, 0.3) is 0 Å². The van der Waals surface area contributed by atoms with Gasteiger partial charge < -0.3 is 5.73 Å². The fourth-order valence-corrected chi connectivity index (χ4v) is 2.40. The maximum absolute atomic E-state index is 12.8. The molecule has 2 aromatic rings. The fraction of sp³-hybridized carbons (Fsp3) is 0.0714. The van der Waals surface area contributed by atoms with Gasteiger partial charge in [0.1, 0.15) is 5.82 Å². The van der Waals surface area contributed by atoms with Gasteiger partial charge in [0.05, 0.1) is 12.5 Å². The molecule has 0 atom stereocenters. The van der Waals surface area contributed by atoms with Gasteiger partial charge in [0.15, 0.2) is 0 Å². The number of hydrogen-bond donors (Lipinski definition) is 1. The molecule has 90 valence electrons. The van der Waals surface area contributed by atoms with Crippen molar-refractivity contribution in [2.75, 3.05) is 5.73 Å². The number of rotatable bonds is 3. The van der Waals surface area contributed by atoms with Crippen LogP contribution < -0.4 is 5.73 Å². The lowest BCUT2D eigenvalue weighted by atomic mass is 10.1. The van der Waals surface area contributed by atoms with Gasteiger partial charge in [-0.25, -0.2) is 4.39 Å². The lowest BCUT2D eigenvalue weighted by Gasteiger charge is -2.06. The van der Waals surface area contributed by atoms with Crippen molar-refractivity contribution in [2.24, 2.45) is 0 Å². The molecule has 0 fully saturated rings. The van der Waals surface area contributed by atoms with E-state index in [1.54, 1.807) is 18.2 Å². The van der Waals surface area contributed by atoms with Gasteiger partial charge in [-0.05, 0) is 48.0 Å². The monoisotopic (exact) mass is 258 g/mol. The van der Waals surface area contributed by atoms with Gasteiger partial charge >= 0.3 is 0 Å². The summed E-state index contributed by atoms with van der Waals surface area (Å²) in [4.78, 5) is 1.94. The molecule has 4 heteroatoms. The fourth-order valence-electron chi connectivity index (χ4n) is 1.52. The highest BCUT2D eigenvalue weighted by molar-refractivity contribution is 7.99. The zero-order valence-corrected chi connectivity index (χ0v) is 10.4. The van der Waals surface area contributed by atoms with E-state index in [1.165, 1.54) is 23.9 Å². The Kier molecular flexibility index (Phi) is 3.85. The van der Waals surface area contributed by atoms with Crippen molar-refractivity contribution in [3.05, 3.63) is 53.8 Å². The van der Waals surface area contributed by atoms with Gasteiger partial charge in [0.2, 0.25) is 0 Å². The van der Waals surface area contributed by atoms with Crippen molar-refractivity contribution in [3.8, 4) is 6.07 Å². The summed E-state index contributed by atoms with van der Waals surface area (Å²) in [6, 6.07) is 14.0. The molecule has 0 spiro atoms. The molecule has 0 amide bonds. The third-order valence-electron chi connectivity index (χ3n) is 2.43. The number of nitrogens with two attached hydrogens (primary N) is 1. The smallest absolute Gasteiger partial charge is 0.123 e. The Balaban J connectivity index is 2.22. The van der Waals surface area contributed by atoms with Crippen LogP contribution in [0.15, 0.2) is 52.3 Å². The standard InChI is InChI=1S/C14H11FN2S/c15-11-1-3-12(4-2-11)18-13-5-6-14(17)10(9-13)7-8-16/h1-6,9H,7,17H2. The maximum atomic E-state index is 12.8. The Morgan fingerprint density at radius 3 is 2.44 bits per heavy atom. The second-order valence-corrected chi connectivity index (χ2v) is 4.90. The Morgan fingerprint density at radius 2 is 1.78 bits per heavy atom. The van der Waals surface area contributed by atoms with E-state index in [-0.39, 0.29) is 5.82 Å². The van der Waals surface area contributed by atoms with Crippen LogP contribution in [0.5, 0.6) is 0 Å². The number of anilines is 1. The predicted molar refractivity (Wildman–Crippen MR) is 70.7 cm³/mol. The van der Waals surface area contributed by atoms with Gasteiger partial charge in [-0.2, -0.15) is 5.26 Å². The van der Waals surface area contributed by atoms with Crippen LogP contribution in [-0.2, 0) is 6.42 Å². The lowest BCUT2D eigenvalue weighted by molar-refractivity contribution is 0.626. The van der Waals surface area contributed by atoms with E-state index in [0.29, 0.717) is 12.1 Å². The van der Waals surface area contributed by atoms with Crippen LogP contribution in [0.4, 0.5) is 10.1 Å².